The van der Waals surface area contributed by atoms with E-state index in [0.717, 1.165) is 18.2 Å². The van der Waals surface area contributed by atoms with Crippen molar-refractivity contribution in [3.8, 4) is 0 Å². The van der Waals surface area contributed by atoms with E-state index < -0.39 is 26.9 Å². The number of hydrogen-bond donors (Lipinski definition) is 2. The summed E-state index contributed by atoms with van der Waals surface area (Å²) in [6.07, 6.45) is -0.214. The van der Waals surface area contributed by atoms with Gasteiger partial charge in [-0.3, -0.25) is 4.79 Å². The van der Waals surface area contributed by atoms with Gasteiger partial charge in [-0.25, -0.2) is 12.8 Å². The highest BCUT2D eigenvalue weighted by Gasteiger charge is 2.33. The standard InChI is InChI=1S/C10H12FNO4S/c11-7-2-1-3-8(6-7)17(15,16)9(4-5-12)10(13)14/h1-3,6,9H,4-5,12H2,(H,13,14). The SMILES string of the molecule is NCCC(C(=O)O)S(=O)(=O)c1cccc(F)c1. The van der Waals surface area contributed by atoms with Gasteiger partial charge in [0.1, 0.15) is 5.82 Å². The Hall–Kier alpha value is -1.47. The lowest BCUT2D eigenvalue weighted by molar-refractivity contribution is -0.136. The first-order valence-corrected chi connectivity index (χ1v) is 6.36. The number of aliphatic carboxylic acids is 1. The van der Waals surface area contributed by atoms with Gasteiger partial charge < -0.3 is 10.8 Å². The predicted molar refractivity (Wildman–Crippen MR) is 58.7 cm³/mol. The van der Waals surface area contributed by atoms with Crippen molar-refractivity contribution in [1.82, 2.24) is 0 Å². The largest absolute Gasteiger partial charge is 0.480 e. The molecule has 0 heterocycles. The van der Waals surface area contributed by atoms with Crippen LogP contribution in [0.3, 0.4) is 0 Å². The molecule has 0 aliphatic carbocycles. The van der Waals surface area contributed by atoms with E-state index in [0.29, 0.717) is 0 Å². The third-order valence-electron chi connectivity index (χ3n) is 2.20. The molecule has 0 aliphatic heterocycles. The predicted octanol–water partition coefficient (Wildman–Crippen LogP) is 0.401. The Morgan fingerprint density at radius 3 is 2.59 bits per heavy atom. The molecule has 0 radical (unpaired) electrons. The minimum atomic E-state index is -4.10. The van der Waals surface area contributed by atoms with Crippen LogP contribution in [0.25, 0.3) is 0 Å². The average Bonchev–Trinajstić information content (AvgIpc) is 2.25. The fourth-order valence-corrected chi connectivity index (χ4v) is 2.96. The smallest absolute Gasteiger partial charge is 0.322 e. The minimum Gasteiger partial charge on any atom is -0.480 e. The Bertz CT molecular complexity index is 515. The maximum absolute atomic E-state index is 12.9. The molecule has 0 spiro atoms. The second-order valence-corrected chi connectivity index (χ2v) is 5.54. The van der Waals surface area contributed by atoms with E-state index in [1.54, 1.807) is 0 Å². The monoisotopic (exact) mass is 261 g/mol. The number of hydrogen-bond acceptors (Lipinski definition) is 4. The molecule has 0 saturated carbocycles. The molecule has 0 amide bonds. The van der Waals surface area contributed by atoms with Crippen LogP contribution >= 0.6 is 0 Å². The molecular formula is C10H12FNO4S. The molecule has 7 heteroatoms. The Balaban J connectivity index is 3.21. The van der Waals surface area contributed by atoms with Crippen LogP contribution in [0, 0.1) is 5.82 Å². The van der Waals surface area contributed by atoms with Gasteiger partial charge in [0.25, 0.3) is 0 Å². The van der Waals surface area contributed by atoms with Crippen molar-refractivity contribution < 1.29 is 22.7 Å². The molecule has 1 rings (SSSR count). The molecule has 0 fully saturated rings. The normalized spacial score (nSPS) is 13.3. The summed E-state index contributed by atoms with van der Waals surface area (Å²) >= 11 is 0. The van der Waals surface area contributed by atoms with Crippen LogP contribution in [-0.4, -0.2) is 31.3 Å². The van der Waals surface area contributed by atoms with Crippen LogP contribution in [0.2, 0.25) is 0 Å². The van der Waals surface area contributed by atoms with E-state index >= 15 is 0 Å². The van der Waals surface area contributed by atoms with E-state index in [4.69, 9.17) is 10.8 Å². The van der Waals surface area contributed by atoms with Gasteiger partial charge in [0.15, 0.2) is 15.1 Å². The van der Waals surface area contributed by atoms with Crippen molar-refractivity contribution in [1.29, 1.82) is 0 Å². The van der Waals surface area contributed by atoms with Gasteiger partial charge in [-0.15, -0.1) is 0 Å². The molecule has 1 unspecified atom stereocenters. The number of carboxylic acids is 1. The van der Waals surface area contributed by atoms with Gasteiger partial charge in [-0.2, -0.15) is 0 Å². The Kier molecular flexibility index (Phi) is 4.19. The molecule has 1 aromatic rings. The lowest BCUT2D eigenvalue weighted by Crippen LogP contribution is -2.32. The molecule has 17 heavy (non-hydrogen) atoms. The van der Waals surface area contributed by atoms with Crippen molar-refractivity contribution in [2.75, 3.05) is 6.54 Å². The average molecular weight is 261 g/mol. The fourth-order valence-electron chi connectivity index (χ4n) is 1.37. The Morgan fingerprint density at radius 2 is 2.12 bits per heavy atom. The summed E-state index contributed by atoms with van der Waals surface area (Å²) in [7, 11) is -4.10. The highest BCUT2D eigenvalue weighted by Crippen LogP contribution is 2.19. The summed E-state index contributed by atoms with van der Waals surface area (Å²) in [5.74, 6) is -2.22. The fraction of sp³-hybridized carbons (Fsp3) is 0.300. The zero-order valence-corrected chi connectivity index (χ0v) is 9.65. The van der Waals surface area contributed by atoms with Gasteiger partial charge in [0, 0.05) is 0 Å². The van der Waals surface area contributed by atoms with Crippen molar-refractivity contribution in [2.24, 2.45) is 5.73 Å². The minimum absolute atomic E-state index is 0.0779. The zero-order chi connectivity index (χ0) is 13.1. The van der Waals surface area contributed by atoms with Crippen molar-refractivity contribution in [3.05, 3.63) is 30.1 Å². The van der Waals surface area contributed by atoms with Crippen LogP contribution in [-0.2, 0) is 14.6 Å². The van der Waals surface area contributed by atoms with E-state index in [2.05, 4.69) is 0 Å². The maximum Gasteiger partial charge on any atom is 0.322 e. The quantitative estimate of drug-likeness (QED) is 0.799. The second-order valence-electron chi connectivity index (χ2n) is 3.41. The van der Waals surface area contributed by atoms with Crippen LogP contribution < -0.4 is 5.73 Å². The highest BCUT2D eigenvalue weighted by molar-refractivity contribution is 7.92. The second kappa shape index (κ2) is 5.24. The number of halogens is 1. The molecule has 1 aromatic carbocycles. The van der Waals surface area contributed by atoms with Gasteiger partial charge >= 0.3 is 5.97 Å². The lowest BCUT2D eigenvalue weighted by atomic mass is 10.3. The van der Waals surface area contributed by atoms with Crippen LogP contribution in [0.4, 0.5) is 4.39 Å². The molecule has 0 saturated heterocycles. The Labute approximate surface area is 98.0 Å². The Morgan fingerprint density at radius 1 is 1.47 bits per heavy atom. The summed E-state index contributed by atoms with van der Waals surface area (Å²) in [4.78, 5) is 10.5. The number of rotatable bonds is 5. The first-order valence-electron chi connectivity index (χ1n) is 4.82. The number of sulfone groups is 1. The van der Waals surface area contributed by atoms with Crippen molar-refractivity contribution >= 4 is 15.8 Å². The van der Waals surface area contributed by atoms with E-state index in [1.807, 2.05) is 0 Å². The summed E-state index contributed by atoms with van der Waals surface area (Å²) in [6.45, 7) is -0.0779. The highest BCUT2D eigenvalue weighted by atomic mass is 32.2. The summed E-state index contributed by atoms with van der Waals surface area (Å²) in [5, 5.41) is 7.20. The van der Waals surface area contributed by atoms with Crippen LogP contribution in [0.1, 0.15) is 6.42 Å². The van der Waals surface area contributed by atoms with E-state index in [9.17, 15) is 17.6 Å². The molecule has 5 nitrogen and oxygen atoms in total. The van der Waals surface area contributed by atoms with Crippen LogP contribution in [0.15, 0.2) is 29.2 Å². The third-order valence-corrected chi connectivity index (χ3v) is 4.30. The number of carbonyl (C=O) groups is 1. The maximum atomic E-state index is 12.9. The summed E-state index contributed by atoms with van der Waals surface area (Å²) < 4.78 is 36.7. The van der Waals surface area contributed by atoms with Gasteiger partial charge in [-0.05, 0) is 31.2 Å². The first-order chi connectivity index (χ1) is 7.89. The first kappa shape index (κ1) is 13.6. The van der Waals surface area contributed by atoms with Gasteiger partial charge in [0.05, 0.1) is 4.90 Å². The lowest BCUT2D eigenvalue weighted by Gasteiger charge is -2.12. The van der Waals surface area contributed by atoms with Gasteiger partial charge in [-0.1, -0.05) is 6.07 Å². The van der Waals surface area contributed by atoms with E-state index in [-0.39, 0.29) is 17.9 Å². The molecule has 1 atom stereocenters. The third kappa shape index (κ3) is 3.01. The van der Waals surface area contributed by atoms with Crippen molar-refractivity contribution in [2.45, 2.75) is 16.6 Å². The van der Waals surface area contributed by atoms with Crippen LogP contribution in [0.5, 0.6) is 0 Å². The zero-order valence-electron chi connectivity index (χ0n) is 8.84. The number of benzene rings is 1. The summed E-state index contributed by atoms with van der Waals surface area (Å²) in [6, 6.07) is 4.24. The molecule has 0 bridgehead atoms. The molecular weight excluding hydrogens is 249 g/mol. The molecule has 94 valence electrons. The number of nitrogens with two attached hydrogens (primary N) is 1. The molecule has 0 aromatic heterocycles. The van der Waals surface area contributed by atoms with Gasteiger partial charge in [0.2, 0.25) is 0 Å². The molecule has 0 aliphatic rings. The summed E-state index contributed by atoms with van der Waals surface area (Å²) in [5.41, 5.74) is 5.17. The van der Waals surface area contributed by atoms with Crippen molar-refractivity contribution in [3.63, 3.8) is 0 Å². The molecule has 3 N–H and O–H groups in total. The van der Waals surface area contributed by atoms with E-state index in [1.165, 1.54) is 6.07 Å². The number of carboxylic acid groups (broad SMARTS) is 1. The topological polar surface area (TPSA) is 97.5 Å².